The van der Waals surface area contributed by atoms with Crippen molar-refractivity contribution in [2.24, 2.45) is 0 Å². The number of rotatable bonds is 3. The van der Waals surface area contributed by atoms with Crippen LogP contribution in [0.15, 0.2) is 18.2 Å². The number of aromatic nitrogens is 2. The highest BCUT2D eigenvalue weighted by Gasteiger charge is 2.39. The van der Waals surface area contributed by atoms with Crippen molar-refractivity contribution in [2.45, 2.75) is 57.7 Å². The molecule has 0 saturated heterocycles. The van der Waals surface area contributed by atoms with Gasteiger partial charge in [-0.25, -0.2) is 0 Å². The Kier molecular flexibility index (Phi) is 4.25. The van der Waals surface area contributed by atoms with E-state index in [1.807, 2.05) is 18.2 Å². The third-order valence-electron chi connectivity index (χ3n) is 5.20. The minimum atomic E-state index is -4.48. The van der Waals surface area contributed by atoms with Crippen LogP contribution in [0.1, 0.15) is 47.3 Å². The normalized spacial score (nSPS) is 16.3. The zero-order valence-electron chi connectivity index (χ0n) is 14.3. The van der Waals surface area contributed by atoms with Crippen LogP contribution in [-0.4, -0.2) is 15.7 Å². The number of anilines is 1. The van der Waals surface area contributed by atoms with Gasteiger partial charge in [0, 0.05) is 16.9 Å². The van der Waals surface area contributed by atoms with Gasteiger partial charge in [0.25, 0.3) is 0 Å². The van der Waals surface area contributed by atoms with Crippen LogP contribution in [0.4, 0.5) is 18.9 Å². The summed E-state index contributed by atoms with van der Waals surface area (Å²) in [6.07, 6.45) is 1.14. The summed E-state index contributed by atoms with van der Waals surface area (Å²) in [6.45, 7) is -0.199. The lowest BCUT2D eigenvalue weighted by atomic mass is 9.95. The highest BCUT2D eigenvalue weighted by molar-refractivity contribution is 5.90. The first-order valence-electron chi connectivity index (χ1n) is 8.99. The maximum absolute atomic E-state index is 13.2. The molecule has 138 valence electrons. The van der Waals surface area contributed by atoms with Gasteiger partial charge in [-0.05, 0) is 68.2 Å². The maximum atomic E-state index is 13.2. The summed E-state index contributed by atoms with van der Waals surface area (Å²) in [6, 6.07) is 5.82. The Labute approximate surface area is 149 Å². The lowest BCUT2D eigenvalue weighted by Crippen LogP contribution is -2.22. The van der Waals surface area contributed by atoms with Crippen LogP contribution in [0.3, 0.4) is 0 Å². The van der Waals surface area contributed by atoms with E-state index < -0.39 is 11.9 Å². The van der Waals surface area contributed by atoms with E-state index in [1.165, 1.54) is 15.8 Å². The molecule has 2 aromatic rings. The minimum Gasteiger partial charge on any atom is -0.324 e. The zero-order chi connectivity index (χ0) is 18.3. The summed E-state index contributed by atoms with van der Waals surface area (Å²) in [7, 11) is 0. The number of carbonyl (C=O) groups is 1. The zero-order valence-corrected chi connectivity index (χ0v) is 14.3. The van der Waals surface area contributed by atoms with Crippen molar-refractivity contribution in [3.63, 3.8) is 0 Å². The summed E-state index contributed by atoms with van der Waals surface area (Å²) in [4.78, 5) is 12.4. The number of nitrogens with one attached hydrogen (secondary N) is 1. The summed E-state index contributed by atoms with van der Waals surface area (Å²) in [5.41, 5.74) is 3.20. The van der Waals surface area contributed by atoms with Gasteiger partial charge in [0.2, 0.25) is 5.91 Å². The molecule has 0 fully saturated rings. The summed E-state index contributed by atoms with van der Waals surface area (Å²) >= 11 is 0. The van der Waals surface area contributed by atoms with E-state index >= 15 is 0 Å². The van der Waals surface area contributed by atoms with E-state index in [0.29, 0.717) is 24.2 Å². The second kappa shape index (κ2) is 6.45. The Balaban J connectivity index is 1.53. The van der Waals surface area contributed by atoms with Crippen LogP contribution < -0.4 is 5.32 Å². The quantitative estimate of drug-likeness (QED) is 0.899. The molecule has 0 aliphatic heterocycles. The molecule has 0 atom stereocenters. The molecule has 0 radical (unpaired) electrons. The van der Waals surface area contributed by atoms with E-state index in [2.05, 4.69) is 10.4 Å². The molecule has 0 saturated carbocycles. The summed E-state index contributed by atoms with van der Waals surface area (Å²) in [5, 5.41) is 6.53. The van der Waals surface area contributed by atoms with Crippen molar-refractivity contribution >= 4 is 11.6 Å². The summed E-state index contributed by atoms with van der Waals surface area (Å²) < 4.78 is 40.9. The van der Waals surface area contributed by atoms with Gasteiger partial charge in [-0.15, -0.1) is 0 Å². The van der Waals surface area contributed by atoms with Crippen molar-refractivity contribution in [1.29, 1.82) is 0 Å². The Bertz CT molecular complexity index is 854. The minimum absolute atomic E-state index is 0.199. The number of alkyl halides is 3. The number of fused-ring (bicyclic) bond motifs is 2. The van der Waals surface area contributed by atoms with Crippen LogP contribution in [0.5, 0.6) is 0 Å². The highest BCUT2D eigenvalue weighted by Crippen LogP contribution is 2.35. The number of amides is 1. The second-order valence-electron chi connectivity index (χ2n) is 7.02. The highest BCUT2D eigenvalue weighted by atomic mass is 19.4. The molecule has 4 nitrogen and oxygen atoms in total. The predicted octanol–water partition coefficient (Wildman–Crippen LogP) is 3.91. The molecule has 26 heavy (non-hydrogen) atoms. The van der Waals surface area contributed by atoms with Gasteiger partial charge in [0.1, 0.15) is 6.54 Å². The molecule has 7 heteroatoms. The van der Waals surface area contributed by atoms with Gasteiger partial charge in [0.15, 0.2) is 5.69 Å². The van der Waals surface area contributed by atoms with Crippen LogP contribution in [0.2, 0.25) is 0 Å². The fourth-order valence-corrected chi connectivity index (χ4v) is 4.02. The molecular formula is C19H20F3N3O. The number of halogens is 3. The Morgan fingerprint density at radius 1 is 1.08 bits per heavy atom. The molecule has 1 aromatic carbocycles. The van der Waals surface area contributed by atoms with Gasteiger partial charge in [-0.2, -0.15) is 18.3 Å². The molecule has 1 amide bonds. The molecule has 0 bridgehead atoms. The third kappa shape index (κ3) is 3.22. The van der Waals surface area contributed by atoms with Crippen molar-refractivity contribution < 1.29 is 18.0 Å². The molecular weight excluding hydrogens is 343 g/mol. The van der Waals surface area contributed by atoms with E-state index in [4.69, 9.17) is 0 Å². The van der Waals surface area contributed by atoms with E-state index in [1.54, 1.807) is 0 Å². The van der Waals surface area contributed by atoms with Gasteiger partial charge in [-0.1, -0.05) is 6.07 Å². The fraction of sp³-hybridized carbons (Fsp3) is 0.474. The Hall–Kier alpha value is -2.31. The van der Waals surface area contributed by atoms with Crippen LogP contribution >= 0.6 is 0 Å². The topological polar surface area (TPSA) is 46.9 Å². The van der Waals surface area contributed by atoms with Crippen LogP contribution in [0, 0.1) is 0 Å². The first-order chi connectivity index (χ1) is 12.4. The van der Waals surface area contributed by atoms with E-state index in [0.717, 1.165) is 32.1 Å². The standard InChI is InChI=1S/C19H20F3N3O/c20-19(21,22)18-15-6-1-2-7-16(15)25(24-18)11-17(26)23-14-9-8-12-4-3-5-13(12)10-14/h8-10H,1-7,11H2,(H,23,26). The average molecular weight is 363 g/mol. The predicted molar refractivity (Wildman–Crippen MR) is 91.0 cm³/mol. The third-order valence-corrected chi connectivity index (χ3v) is 5.20. The molecule has 2 aliphatic carbocycles. The molecule has 0 unspecified atom stereocenters. The first-order valence-corrected chi connectivity index (χ1v) is 8.99. The second-order valence-corrected chi connectivity index (χ2v) is 7.02. The molecule has 0 spiro atoms. The monoisotopic (exact) mass is 363 g/mol. The van der Waals surface area contributed by atoms with E-state index in [9.17, 15) is 18.0 Å². The van der Waals surface area contributed by atoms with Crippen molar-refractivity contribution in [3.8, 4) is 0 Å². The van der Waals surface area contributed by atoms with Crippen molar-refractivity contribution in [1.82, 2.24) is 9.78 Å². The largest absolute Gasteiger partial charge is 0.435 e. The number of hydrogen-bond donors (Lipinski definition) is 1. The van der Waals surface area contributed by atoms with Crippen LogP contribution in [0.25, 0.3) is 0 Å². The number of nitrogens with zero attached hydrogens (tertiary/aromatic N) is 2. The van der Waals surface area contributed by atoms with Gasteiger partial charge in [-0.3, -0.25) is 9.48 Å². The number of hydrogen-bond acceptors (Lipinski definition) is 2. The molecule has 4 rings (SSSR count). The van der Waals surface area contributed by atoms with Gasteiger partial charge >= 0.3 is 6.18 Å². The summed E-state index contributed by atoms with van der Waals surface area (Å²) in [5.74, 6) is -0.354. The van der Waals surface area contributed by atoms with Gasteiger partial charge < -0.3 is 5.32 Å². The molecule has 1 aromatic heterocycles. The average Bonchev–Trinajstić information content (AvgIpc) is 3.19. The van der Waals surface area contributed by atoms with Gasteiger partial charge in [0.05, 0.1) is 0 Å². The Morgan fingerprint density at radius 2 is 1.85 bits per heavy atom. The first kappa shape index (κ1) is 17.1. The SMILES string of the molecule is O=C(Cn1nc(C(F)(F)F)c2c1CCCC2)Nc1ccc2c(c1)CCC2. The van der Waals surface area contributed by atoms with Crippen molar-refractivity contribution in [2.75, 3.05) is 5.32 Å². The fourth-order valence-electron chi connectivity index (χ4n) is 4.02. The number of benzene rings is 1. The molecule has 2 aliphatic rings. The maximum Gasteiger partial charge on any atom is 0.435 e. The van der Waals surface area contributed by atoms with Crippen LogP contribution in [-0.2, 0) is 43.2 Å². The number of aryl methyl sites for hydroxylation is 2. The van der Waals surface area contributed by atoms with Crippen molar-refractivity contribution in [3.05, 3.63) is 46.3 Å². The lowest BCUT2D eigenvalue weighted by molar-refractivity contribution is -0.142. The molecule has 1 heterocycles. The smallest absolute Gasteiger partial charge is 0.324 e. The number of carbonyl (C=O) groups excluding carboxylic acids is 1. The molecule has 1 N–H and O–H groups in total. The lowest BCUT2D eigenvalue weighted by Gasteiger charge is -2.14. The van der Waals surface area contributed by atoms with E-state index in [-0.39, 0.29) is 18.0 Å². The Morgan fingerprint density at radius 3 is 2.65 bits per heavy atom.